The van der Waals surface area contributed by atoms with Crippen molar-refractivity contribution in [1.29, 1.82) is 0 Å². The standard InChI is InChI=1S/C3H3N3.ClH2N/c1-2-4-6-5-3-1;1-2/h1-3H;2H2. The molecule has 0 saturated carbocycles. The fourth-order valence-corrected chi connectivity index (χ4v) is 0.205. The van der Waals surface area contributed by atoms with Crippen molar-refractivity contribution in [1.82, 2.24) is 15.4 Å². The number of nitrogens with two attached hydrogens (primary N) is 1. The van der Waals surface area contributed by atoms with Crippen molar-refractivity contribution >= 4 is 11.8 Å². The van der Waals surface area contributed by atoms with Crippen molar-refractivity contribution in [2.75, 3.05) is 0 Å². The first-order valence-corrected chi connectivity index (χ1v) is 2.24. The molecule has 1 aromatic rings. The first-order chi connectivity index (χ1) is 4.00. The average Bonchev–Trinajstić information content (AvgIpc) is 1.96. The van der Waals surface area contributed by atoms with Gasteiger partial charge in [0.15, 0.2) is 0 Å². The summed E-state index contributed by atoms with van der Waals surface area (Å²) in [6.45, 7) is 0. The maximum Gasteiger partial charge on any atom is 0.0529 e. The summed E-state index contributed by atoms with van der Waals surface area (Å²) in [5, 5.41) is 14.1. The van der Waals surface area contributed by atoms with E-state index in [0.717, 1.165) is 0 Å². The van der Waals surface area contributed by atoms with Crippen LogP contribution in [-0.2, 0) is 0 Å². The first kappa shape index (κ1) is 7.26. The molecule has 0 bridgehead atoms. The van der Waals surface area contributed by atoms with E-state index in [1.165, 1.54) is 0 Å². The molecule has 1 aromatic heterocycles. The van der Waals surface area contributed by atoms with Gasteiger partial charge in [-0.1, -0.05) is 0 Å². The Bertz CT molecular complexity index is 83.2. The van der Waals surface area contributed by atoms with Gasteiger partial charge in [-0.15, -0.1) is 10.2 Å². The highest BCUT2D eigenvalue weighted by molar-refractivity contribution is 6.11. The van der Waals surface area contributed by atoms with Gasteiger partial charge in [0.2, 0.25) is 0 Å². The second kappa shape index (κ2) is 6.26. The van der Waals surface area contributed by atoms with Crippen LogP contribution < -0.4 is 5.25 Å². The molecule has 0 unspecified atom stereocenters. The van der Waals surface area contributed by atoms with Crippen LogP contribution in [0.25, 0.3) is 0 Å². The van der Waals surface area contributed by atoms with Gasteiger partial charge in [-0.25, -0.2) is 5.25 Å². The zero-order valence-electron chi connectivity index (χ0n) is 4.03. The van der Waals surface area contributed by atoms with Crippen LogP contribution in [-0.4, -0.2) is 15.4 Å². The second-order valence-corrected chi connectivity index (χ2v) is 0.811. The van der Waals surface area contributed by atoms with Gasteiger partial charge in [-0.2, -0.15) is 0 Å². The van der Waals surface area contributed by atoms with Crippen LogP contribution >= 0.6 is 11.8 Å². The summed E-state index contributed by atoms with van der Waals surface area (Å²) in [5.74, 6) is 0. The van der Waals surface area contributed by atoms with E-state index in [0.29, 0.717) is 0 Å². The molecule has 0 aromatic carbocycles. The Hall–Kier alpha value is -0.740. The minimum Gasteiger partial charge on any atom is -0.247 e. The lowest BCUT2D eigenvalue weighted by molar-refractivity contribution is 0.865. The van der Waals surface area contributed by atoms with Gasteiger partial charge in [0.05, 0.1) is 12.4 Å². The Morgan fingerprint density at radius 1 is 1.12 bits per heavy atom. The third-order valence-electron chi connectivity index (χ3n) is 0.409. The highest BCUT2D eigenvalue weighted by Gasteiger charge is 1.60. The Labute approximate surface area is 51.8 Å². The van der Waals surface area contributed by atoms with Gasteiger partial charge in [-0.05, 0) is 23.1 Å². The largest absolute Gasteiger partial charge is 0.247 e. The van der Waals surface area contributed by atoms with Gasteiger partial charge in [-0.3, -0.25) is 0 Å². The van der Waals surface area contributed by atoms with Crippen molar-refractivity contribution in [3.63, 3.8) is 0 Å². The predicted molar refractivity (Wildman–Crippen MR) is 29.9 cm³/mol. The van der Waals surface area contributed by atoms with Gasteiger partial charge in [0.1, 0.15) is 0 Å². The average molecular weight is 133 g/mol. The molecule has 0 aliphatic heterocycles. The summed E-state index contributed by atoms with van der Waals surface area (Å²) in [6, 6.07) is 1.72. The molecule has 0 atom stereocenters. The van der Waals surface area contributed by atoms with E-state index in [9.17, 15) is 0 Å². The Kier molecular flexibility index (Phi) is 5.68. The molecule has 0 aliphatic rings. The monoisotopic (exact) mass is 132 g/mol. The minimum absolute atomic E-state index is 1.58. The van der Waals surface area contributed by atoms with Gasteiger partial charge in [0.25, 0.3) is 0 Å². The Morgan fingerprint density at radius 2 is 1.62 bits per heavy atom. The lowest BCUT2D eigenvalue weighted by Gasteiger charge is -1.68. The minimum atomic E-state index is 1.58. The number of hydrogen-bond donors (Lipinski definition) is 1. The van der Waals surface area contributed by atoms with E-state index < -0.39 is 0 Å². The van der Waals surface area contributed by atoms with E-state index in [-0.39, 0.29) is 0 Å². The third-order valence-corrected chi connectivity index (χ3v) is 0.409. The van der Waals surface area contributed by atoms with Gasteiger partial charge >= 0.3 is 0 Å². The zero-order valence-corrected chi connectivity index (χ0v) is 4.78. The van der Waals surface area contributed by atoms with Crippen LogP contribution in [0.3, 0.4) is 0 Å². The summed E-state index contributed by atoms with van der Waals surface area (Å²) in [4.78, 5) is 0. The molecule has 0 radical (unpaired) electrons. The van der Waals surface area contributed by atoms with Crippen LogP contribution in [0, 0.1) is 0 Å². The molecule has 8 heavy (non-hydrogen) atoms. The summed E-state index contributed by atoms with van der Waals surface area (Å²) in [5.41, 5.74) is 0. The molecule has 0 spiro atoms. The molecule has 0 amide bonds. The topological polar surface area (TPSA) is 64.7 Å². The van der Waals surface area contributed by atoms with Crippen molar-refractivity contribution < 1.29 is 0 Å². The van der Waals surface area contributed by atoms with Crippen LogP contribution in [0.15, 0.2) is 18.5 Å². The quantitative estimate of drug-likeness (QED) is 0.504. The first-order valence-electron chi connectivity index (χ1n) is 1.80. The SMILES string of the molecule is NCl.c1cnnnc1. The molecular weight excluding hydrogens is 128 g/mol. The summed E-state index contributed by atoms with van der Waals surface area (Å²) >= 11 is 4.14. The maximum absolute atomic E-state index is 4.14. The molecule has 0 aliphatic carbocycles. The van der Waals surface area contributed by atoms with Crippen molar-refractivity contribution in [3.8, 4) is 0 Å². The van der Waals surface area contributed by atoms with Crippen molar-refractivity contribution in [2.24, 2.45) is 5.25 Å². The lowest BCUT2D eigenvalue weighted by Crippen LogP contribution is -1.78. The van der Waals surface area contributed by atoms with Crippen LogP contribution in [0.2, 0.25) is 0 Å². The van der Waals surface area contributed by atoms with E-state index in [1.54, 1.807) is 18.5 Å². The molecule has 0 fully saturated rings. The number of nitrogens with zero attached hydrogens (tertiary/aromatic N) is 3. The van der Waals surface area contributed by atoms with Gasteiger partial charge < -0.3 is 0 Å². The van der Waals surface area contributed by atoms with Crippen molar-refractivity contribution in [2.45, 2.75) is 0 Å². The molecule has 1 heterocycles. The smallest absolute Gasteiger partial charge is 0.0529 e. The van der Waals surface area contributed by atoms with Crippen LogP contribution in [0.1, 0.15) is 0 Å². The summed E-state index contributed by atoms with van der Waals surface area (Å²) in [6.07, 6.45) is 3.15. The molecule has 44 valence electrons. The normalized spacial score (nSPS) is 6.75. The zero-order chi connectivity index (χ0) is 6.24. The van der Waals surface area contributed by atoms with E-state index in [2.05, 4.69) is 32.4 Å². The van der Waals surface area contributed by atoms with Gasteiger partial charge in [0, 0.05) is 0 Å². The van der Waals surface area contributed by atoms with E-state index in [1.807, 2.05) is 0 Å². The summed E-state index contributed by atoms with van der Waals surface area (Å²) < 4.78 is 0. The van der Waals surface area contributed by atoms with Crippen molar-refractivity contribution in [3.05, 3.63) is 18.5 Å². The van der Waals surface area contributed by atoms with E-state index >= 15 is 0 Å². The molecule has 1 rings (SSSR count). The predicted octanol–water partition coefficient (Wildman–Crippen LogP) is -0.0295. The molecular formula is C3H5ClN4. The fraction of sp³-hybridized carbons (Fsp3) is 0. The number of aromatic nitrogens is 3. The Morgan fingerprint density at radius 3 is 1.75 bits per heavy atom. The highest BCUT2D eigenvalue weighted by atomic mass is 35.5. The highest BCUT2D eigenvalue weighted by Crippen LogP contribution is 1.61. The number of hydrogen-bond acceptors (Lipinski definition) is 4. The molecule has 5 heteroatoms. The van der Waals surface area contributed by atoms with Crippen LogP contribution in [0.5, 0.6) is 0 Å². The number of rotatable bonds is 0. The van der Waals surface area contributed by atoms with E-state index in [4.69, 9.17) is 0 Å². The lowest BCUT2D eigenvalue weighted by atomic mass is 10.7. The third kappa shape index (κ3) is 3.45. The molecule has 0 saturated heterocycles. The molecule has 4 nitrogen and oxygen atoms in total. The van der Waals surface area contributed by atoms with Crippen LogP contribution in [0.4, 0.5) is 0 Å². The Balaban J connectivity index is 0.000000222. The molecule has 2 N–H and O–H groups in total. The summed E-state index contributed by atoms with van der Waals surface area (Å²) in [7, 11) is 0. The fourth-order valence-electron chi connectivity index (χ4n) is 0.205. The maximum atomic E-state index is 4.14. The second-order valence-electron chi connectivity index (χ2n) is 0.811. The number of halogens is 1.